The highest BCUT2D eigenvalue weighted by Crippen LogP contribution is 2.37. The van der Waals surface area contributed by atoms with Crippen molar-refractivity contribution in [1.29, 1.82) is 0 Å². The number of hydrogen-bond acceptors (Lipinski definition) is 6. The monoisotopic (exact) mass is 436 g/mol. The van der Waals surface area contributed by atoms with Gasteiger partial charge in [-0.2, -0.15) is 0 Å². The summed E-state index contributed by atoms with van der Waals surface area (Å²) < 4.78 is 21.3. The Bertz CT molecular complexity index is 1110. The summed E-state index contributed by atoms with van der Waals surface area (Å²) in [6.45, 7) is 0. The minimum absolute atomic E-state index is 0.300. The number of hydrogen-bond donors (Lipinski definition) is 2. The molecule has 0 radical (unpaired) electrons. The largest absolute Gasteiger partial charge is 0.497 e. The van der Waals surface area contributed by atoms with Crippen LogP contribution in [0, 0.1) is 0 Å². The normalized spacial score (nSPS) is 10.1. The third kappa shape index (κ3) is 4.92. The van der Waals surface area contributed by atoms with Gasteiger partial charge in [0.25, 0.3) is 11.8 Å². The lowest BCUT2D eigenvalue weighted by Gasteiger charge is -2.17. The van der Waals surface area contributed by atoms with Crippen molar-refractivity contribution in [2.75, 3.05) is 39.1 Å². The number of amides is 2. The maximum atomic E-state index is 12.9. The van der Waals surface area contributed by atoms with Gasteiger partial charge in [-0.25, -0.2) is 0 Å². The Labute approximate surface area is 186 Å². The molecule has 0 atom stereocenters. The highest BCUT2D eigenvalue weighted by atomic mass is 16.5. The highest BCUT2D eigenvalue weighted by Gasteiger charge is 2.19. The van der Waals surface area contributed by atoms with Crippen molar-refractivity contribution in [2.24, 2.45) is 0 Å². The molecule has 0 aromatic heterocycles. The molecule has 0 spiro atoms. The molecule has 0 aliphatic carbocycles. The molecule has 2 amide bonds. The van der Waals surface area contributed by atoms with E-state index in [9.17, 15) is 9.59 Å². The fourth-order valence-electron chi connectivity index (χ4n) is 3.05. The zero-order valence-electron chi connectivity index (χ0n) is 18.2. The van der Waals surface area contributed by atoms with Crippen LogP contribution in [0.25, 0.3) is 0 Å². The Morgan fingerprint density at radius 1 is 0.625 bits per heavy atom. The molecule has 3 rings (SSSR count). The fourth-order valence-corrected chi connectivity index (χ4v) is 3.05. The van der Waals surface area contributed by atoms with Crippen molar-refractivity contribution >= 4 is 23.2 Å². The average Bonchev–Trinajstić information content (AvgIpc) is 2.84. The minimum atomic E-state index is -0.411. The van der Waals surface area contributed by atoms with Gasteiger partial charge in [-0.05, 0) is 24.3 Å². The number of benzene rings is 3. The van der Waals surface area contributed by atoms with Gasteiger partial charge in [0.15, 0.2) is 0 Å². The molecule has 0 saturated carbocycles. The number of methoxy groups -OCH3 is 4. The molecule has 8 nitrogen and oxygen atoms in total. The lowest BCUT2D eigenvalue weighted by Crippen LogP contribution is -2.15. The van der Waals surface area contributed by atoms with E-state index >= 15 is 0 Å². The molecule has 0 saturated heterocycles. The summed E-state index contributed by atoms with van der Waals surface area (Å²) in [5.41, 5.74) is 1.58. The number of ether oxygens (including phenoxy) is 4. The first-order valence-corrected chi connectivity index (χ1v) is 9.66. The van der Waals surface area contributed by atoms with Gasteiger partial charge in [-0.15, -0.1) is 0 Å². The van der Waals surface area contributed by atoms with Crippen molar-refractivity contribution in [1.82, 2.24) is 0 Å². The van der Waals surface area contributed by atoms with E-state index in [0.29, 0.717) is 45.5 Å². The van der Waals surface area contributed by atoms with E-state index in [1.165, 1.54) is 28.4 Å². The van der Waals surface area contributed by atoms with Gasteiger partial charge in [0, 0.05) is 23.8 Å². The standard InChI is InChI=1S/C24H24N2O6/c1-29-16-10-11-17(20(12-16)30-2)24(28)26-19-14-21(31-3)18(13-22(19)32-4)25-23(27)15-8-6-5-7-9-15/h5-14H,1-4H3,(H,25,27)(H,26,28). The van der Waals surface area contributed by atoms with Gasteiger partial charge < -0.3 is 29.6 Å². The van der Waals surface area contributed by atoms with Crippen LogP contribution in [0.4, 0.5) is 11.4 Å². The Hall–Kier alpha value is -4.20. The molecule has 0 fully saturated rings. The molecular formula is C24H24N2O6. The summed E-state index contributed by atoms with van der Waals surface area (Å²) in [6.07, 6.45) is 0. The smallest absolute Gasteiger partial charge is 0.259 e. The Morgan fingerprint density at radius 3 is 1.72 bits per heavy atom. The van der Waals surface area contributed by atoms with Gasteiger partial charge in [0.05, 0.1) is 45.4 Å². The van der Waals surface area contributed by atoms with Crippen molar-refractivity contribution in [3.63, 3.8) is 0 Å². The summed E-state index contributed by atoms with van der Waals surface area (Å²) >= 11 is 0. The summed E-state index contributed by atoms with van der Waals surface area (Å²) in [6, 6.07) is 16.8. The number of carbonyl (C=O) groups excluding carboxylic acids is 2. The maximum absolute atomic E-state index is 12.9. The lowest BCUT2D eigenvalue weighted by molar-refractivity contribution is 0.101. The summed E-state index contributed by atoms with van der Waals surface area (Å²) in [7, 11) is 5.94. The zero-order valence-corrected chi connectivity index (χ0v) is 18.2. The van der Waals surface area contributed by atoms with E-state index in [0.717, 1.165) is 0 Å². The van der Waals surface area contributed by atoms with Crippen molar-refractivity contribution < 1.29 is 28.5 Å². The van der Waals surface area contributed by atoms with Gasteiger partial charge in [-0.1, -0.05) is 18.2 Å². The van der Waals surface area contributed by atoms with Crippen LogP contribution < -0.4 is 29.6 Å². The fraction of sp³-hybridized carbons (Fsp3) is 0.167. The number of rotatable bonds is 8. The molecule has 0 aliphatic rings. The molecule has 0 heterocycles. The van der Waals surface area contributed by atoms with E-state index in [1.807, 2.05) is 6.07 Å². The van der Waals surface area contributed by atoms with Gasteiger partial charge in [0.1, 0.15) is 23.0 Å². The first-order chi connectivity index (χ1) is 15.5. The Kier molecular flexibility index (Phi) is 7.17. The SMILES string of the molecule is COc1ccc(C(=O)Nc2cc(OC)c(NC(=O)c3ccccc3)cc2OC)c(OC)c1. The van der Waals surface area contributed by atoms with Crippen LogP contribution in [-0.4, -0.2) is 40.3 Å². The average molecular weight is 436 g/mol. The quantitative estimate of drug-likeness (QED) is 0.549. The van der Waals surface area contributed by atoms with Crippen LogP contribution in [0.1, 0.15) is 20.7 Å². The van der Waals surface area contributed by atoms with Crippen LogP contribution in [0.2, 0.25) is 0 Å². The van der Waals surface area contributed by atoms with E-state index in [-0.39, 0.29) is 5.91 Å². The summed E-state index contributed by atoms with van der Waals surface area (Å²) in [4.78, 5) is 25.5. The lowest BCUT2D eigenvalue weighted by atomic mass is 10.1. The predicted molar refractivity (Wildman–Crippen MR) is 121 cm³/mol. The first kappa shape index (κ1) is 22.5. The molecule has 0 bridgehead atoms. The zero-order chi connectivity index (χ0) is 23.1. The summed E-state index contributed by atoms with van der Waals surface area (Å²) in [5, 5.41) is 5.60. The second kappa shape index (κ2) is 10.2. The van der Waals surface area contributed by atoms with E-state index < -0.39 is 5.91 Å². The number of nitrogens with one attached hydrogen (secondary N) is 2. The van der Waals surface area contributed by atoms with Crippen molar-refractivity contribution in [3.8, 4) is 23.0 Å². The third-order valence-corrected chi connectivity index (χ3v) is 4.71. The second-order valence-electron chi connectivity index (χ2n) is 6.59. The van der Waals surface area contributed by atoms with E-state index in [2.05, 4.69) is 10.6 Å². The second-order valence-corrected chi connectivity index (χ2v) is 6.59. The first-order valence-electron chi connectivity index (χ1n) is 9.66. The Morgan fingerprint density at radius 2 is 1.19 bits per heavy atom. The van der Waals surface area contributed by atoms with Crippen LogP contribution in [0.15, 0.2) is 60.7 Å². The molecular weight excluding hydrogens is 412 g/mol. The van der Waals surface area contributed by atoms with Crippen LogP contribution in [0.3, 0.4) is 0 Å². The minimum Gasteiger partial charge on any atom is -0.497 e. The van der Waals surface area contributed by atoms with Crippen LogP contribution in [-0.2, 0) is 0 Å². The van der Waals surface area contributed by atoms with Crippen LogP contribution in [0.5, 0.6) is 23.0 Å². The maximum Gasteiger partial charge on any atom is 0.259 e. The molecule has 3 aromatic carbocycles. The molecule has 0 unspecified atom stereocenters. The molecule has 3 aromatic rings. The van der Waals surface area contributed by atoms with Gasteiger partial charge >= 0.3 is 0 Å². The van der Waals surface area contributed by atoms with E-state index in [4.69, 9.17) is 18.9 Å². The number of anilines is 2. The summed E-state index contributed by atoms with van der Waals surface area (Å²) in [5.74, 6) is 0.911. The predicted octanol–water partition coefficient (Wildman–Crippen LogP) is 4.23. The third-order valence-electron chi connectivity index (χ3n) is 4.71. The van der Waals surface area contributed by atoms with Crippen molar-refractivity contribution in [3.05, 3.63) is 71.8 Å². The van der Waals surface area contributed by atoms with Crippen molar-refractivity contribution in [2.45, 2.75) is 0 Å². The molecule has 8 heteroatoms. The Balaban J connectivity index is 1.89. The topological polar surface area (TPSA) is 95.1 Å². The van der Waals surface area contributed by atoms with Crippen LogP contribution >= 0.6 is 0 Å². The van der Waals surface area contributed by atoms with E-state index in [1.54, 1.807) is 54.6 Å². The molecule has 2 N–H and O–H groups in total. The highest BCUT2D eigenvalue weighted by molar-refractivity contribution is 6.08. The molecule has 32 heavy (non-hydrogen) atoms. The molecule has 0 aliphatic heterocycles. The molecule has 166 valence electrons. The van der Waals surface area contributed by atoms with Gasteiger partial charge in [-0.3, -0.25) is 9.59 Å². The number of carbonyl (C=O) groups is 2. The van der Waals surface area contributed by atoms with Gasteiger partial charge in [0.2, 0.25) is 0 Å².